The van der Waals surface area contributed by atoms with E-state index >= 15 is 0 Å². The fraction of sp³-hybridized carbons (Fsp3) is 0.154. The van der Waals surface area contributed by atoms with Crippen LogP contribution in [0.15, 0.2) is 74.0 Å². The van der Waals surface area contributed by atoms with Crippen LogP contribution in [-0.4, -0.2) is 42.7 Å². The lowest BCUT2D eigenvalue weighted by Gasteiger charge is -2.35. The molecule has 0 radical (unpaired) electrons. The molecule has 0 saturated heterocycles. The smallest absolute Gasteiger partial charge is 0.330 e. The number of benzene rings is 2. The molecular weight excluding hydrogens is 460 g/mol. The zero-order valence-corrected chi connectivity index (χ0v) is 20.0. The van der Waals surface area contributed by atoms with E-state index in [4.69, 9.17) is 9.47 Å². The first-order chi connectivity index (χ1) is 17.5. The molecule has 10 nitrogen and oxygen atoms in total. The van der Waals surface area contributed by atoms with Crippen molar-refractivity contribution in [3.63, 3.8) is 0 Å². The molecule has 0 bridgehead atoms. The van der Waals surface area contributed by atoms with E-state index in [1.807, 2.05) is 6.07 Å². The van der Waals surface area contributed by atoms with Gasteiger partial charge >= 0.3 is 6.03 Å². The van der Waals surface area contributed by atoms with Gasteiger partial charge in [-0.25, -0.2) is 9.78 Å². The molecule has 3 amide bonds. The van der Waals surface area contributed by atoms with Gasteiger partial charge in [0, 0.05) is 36.5 Å². The van der Waals surface area contributed by atoms with Crippen molar-refractivity contribution >= 4 is 40.8 Å². The molecule has 0 atom stereocenters. The number of hydrogen-bond donors (Lipinski definition) is 2. The summed E-state index contributed by atoms with van der Waals surface area (Å²) in [4.78, 5) is 37.5. The Morgan fingerprint density at radius 2 is 1.81 bits per heavy atom. The largest absolute Gasteiger partial charge is 0.497 e. The van der Waals surface area contributed by atoms with E-state index < -0.39 is 0 Å². The van der Waals surface area contributed by atoms with Crippen molar-refractivity contribution in [3.05, 3.63) is 79.5 Å². The average Bonchev–Trinajstić information content (AvgIpc) is 2.90. The summed E-state index contributed by atoms with van der Waals surface area (Å²) < 4.78 is 10.7. The van der Waals surface area contributed by atoms with Crippen molar-refractivity contribution in [2.24, 2.45) is 0 Å². The van der Waals surface area contributed by atoms with E-state index in [0.717, 1.165) is 5.56 Å². The van der Waals surface area contributed by atoms with Crippen molar-refractivity contribution in [1.82, 2.24) is 9.97 Å². The Morgan fingerprint density at radius 3 is 2.44 bits per heavy atom. The van der Waals surface area contributed by atoms with Crippen LogP contribution in [0, 0.1) is 0 Å². The Labute approximate surface area is 208 Å². The molecule has 36 heavy (non-hydrogen) atoms. The fourth-order valence-corrected chi connectivity index (χ4v) is 3.73. The van der Waals surface area contributed by atoms with Crippen molar-refractivity contribution in [3.8, 4) is 11.5 Å². The standard InChI is InChI=1S/C26H26N6O4/c1-5-11-31-24-17(16-32(26(31)34)18-12-19(35-3)14-20(13-18)36-4)15-27-25(30-24)29-22-10-8-7-9-21(22)28-23(33)6-2/h5-10,12-15H,1-2,11,16H2,3-4H3,(H,28,33)(H,27,29,30). The van der Waals surface area contributed by atoms with Crippen LogP contribution < -0.4 is 29.9 Å². The Bertz CT molecular complexity index is 1300. The maximum absolute atomic E-state index is 13.5. The van der Waals surface area contributed by atoms with E-state index in [9.17, 15) is 9.59 Å². The van der Waals surface area contributed by atoms with Crippen molar-refractivity contribution in [2.45, 2.75) is 6.54 Å². The number of carbonyl (C=O) groups excluding carboxylic acids is 2. The van der Waals surface area contributed by atoms with E-state index in [2.05, 4.69) is 33.8 Å². The molecule has 0 fully saturated rings. The van der Waals surface area contributed by atoms with Gasteiger partial charge in [0.1, 0.15) is 17.3 Å². The third-order valence-corrected chi connectivity index (χ3v) is 5.46. The third kappa shape index (κ3) is 4.97. The number of rotatable bonds is 9. The molecule has 3 aromatic rings. The number of ether oxygens (including phenoxy) is 2. The molecule has 184 valence electrons. The van der Waals surface area contributed by atoms with E-state index in [0.29, 0.717) is 34.4 Å². The van der Waals surface area contributed by atoms with Crippen LogP contribution in [0.3, 0.4) is 0 Å². The summed E-state index contributed by atoms with van der Waals surface area (Å²) in [6.45, 7) is 7.77. The lowest BCUT2D eigenvalue weighted by molar-refractivity contribution is -0.111. The number of amides is 3. The summed E-state index contributed by atoms with van der Waals surface area (Å²) in [5.41, 5.74) is 2.50. The molecule has 1 aliphatic rings. The molecule has 2 aromatic carbocycles. The fourth-order valence-electron chi connectivity index (χ4n) is 3.73. The molecular formula is C26H26N6O4. The Hall–Kier alpha value is -4.86. The summed E-state index contributed by atoms with van der Waals surface area (Å²) in [5.74, 6) is 1.53. The average molecular weight is 487 g/mol. The second-order valence-corrected chi connectivity index (χ2v) is 7.75. The minimum Gasteiger partial charge on any atom is -0.497 e. The summed E-state index contributed by atoms with van der Waals surface area (Å²) in [7, 11) is 3.11. The zero-order chi connectivity index (χ0) is 25.7. The number of aromatic nitrogens is 2. The molecule has 0 spiro atoms. The normalized spacial score (nSPS) is 12.4. The third-order valence-electron chi connectivity index (χ3n) is 5.46. The number of anilines is 5. The van der Waals surface area contributed by atoms with Crippen molar-refractivity contribution in [1.29, 1.82) is 0 Å². The van der Waals surface area contributed by atoms with Gasteiger partial charge < -0.3 is 20.1 Å². The van der Waals surface area contributed by atoms with Gasteiger partial charge in [-0.1, -0.05) is 24.8 Å². The Balaban J connectivity index is 1.68. The molecule has 0 unspecified atom stereocenters. The van der Waals surface area contributed by atoms with Crippen LogP contribution in [0.4, 0.5) is 33.6 Å². The minimum atomic E-state index is -0.340. The molecule has 10 heteroatoms. The maximum atomic E-state index is 13.5. The lowest BCUT2D eigenvalue weighted by Crippen LogP contribution is -2.48. The summed E-state index contributed by atoms with van der Waals surface area (Å²) in [5, 5.41) is 5.86. The number of para-hydroxylation sites is 2. The summed E-state index contributed by atoms with van der Waals surface area (Å²) >= 11 is 0. The van der Waals surface area contributed by atoms with Crippen LogP contribution in [0.1, 0.15) is 5.56 Å². The summed E-state index contributed by atoms with van der Waals surface area (Å²) in [6.07, 6.45) is 4.49. The summed E-state index contributed by atoms with van der Waals surface area (Å²) in [6, 6.07) is 12.1. The van der Waals surface area contributed by atoms with Gasteiger partial charge in [0.05, 0.1) is 37.8 Å². The molecule has 4 rings (SSSR count). The van der Waals surface area contributed by atoms with Gasteiger partial charge in [-0.15, -0.1) is 6.58 Å². The van der Waals surface area contributed by atoms with E-state index in [-0.39, 0.29) is 31.0 Å². The minimum absolute atomic E-state index is 0.242. The van der Waals surface area contributed by atoms with Gasteiger partial charge in [-0.3, -0.25) is 14.6 Å². The molecule has 1 aliphatic heterocycles. The highest BCUT2D eigenvalue weighted by molar-refractivity contribution is 6.06. The number of nitrogens with zero attached hydrogens (tertiary/aromatic N) is 4. The predicted octanol–water partition coefficient (Wildman–Crippen LogP) is 4.49. The van der Waals surface area contributed by atoms with Crippen molar-refractivity contribution in [2.75, 3.05) is 41.2 Å². The Morgan fingerprint density at radius 1 is 1.11 bits per heavy atom. The second kappa shape index (κ2) is 10.6. The van der Waals surface area contributed by atoms with Gasteiger partial charge in [-0.2, -0.15) is 4.98 Å². The van der Waals surface area contributed by atoms with Gasteiger partial charge in [-0.05, 0) is 18.2 Å². The lowest BCUT2D eigenvalue weighted by atomic mass is 10.1. The van der Waals surface area contributed by atoms with E-state index in [1.165, 1.54) is 11.0 Å². The number of urea groups is 1. The van der Waals surface area contributed by atoms with Gasteiger partial charge in [0.25, 0.3) is 0 Å². The molecule has 1 aromatic heterocycles. The second-order valence-electron chi connectivity index (χ2n) is 7.75. The quantitative estimate of drug-likeness (QED) is 0.339. The van der Waals surface area contributed by atoms with Crippen LogP contribution in [0.5, 0.6) is 11.5 Å². The van der Waals surface area contributed by atoms with Crippen molar-refractivity contribution < 1.29 is 19.1 Å². The number of fused-ring (bicyclic) bond motifs is 1. The first-order valence-corrected chi connectivity index (χ1v) is 11.1. The number of hydrogen-bond acceptors (Lipinski definition) is 7. The SMILES string of the molecule is C=CCN1C(=O)N(c2cc(OC)cc(OC)c2)Cc2cnc(Nc3ccccc3NC(=O)C=C)nc21. The topological polar surface area (TPSA) is 109 Å². The molecule has 2 heterocycles. The first-order valence-electron chi connectivity index (χ1n) is 11.1. The number of nitrogens with one attached hydrogen (secondary N) is 2. The van der Waals surface area contributed by atoms with E-state index in [1.54, 1.807) is 67.8 Å². The van der Waals surface area contributed by atoms with Crippen LogP contribution in [0.2, 0.25) is 0 Å². The molecule has 2 N–H and O–H groups in total. The maximum Gasteiger partial charge on any atom is 0.330 e. The first kappa shape index (κ1) is 24.3. The highest BCUT2D eigenvalue weighted by atomic mass is 16.5. The highest BCUT2D eigenvalue weighted by Crippen LogP contribution is 2.35. The monoisotopic (exact) mass is 486 g/mol. The molecule has 0 saturated carbocycles. The molecule has 0 aliphatic carbocycles. The van der Waals surface area contributed by atoms with Gasteiger partial charge in [0.2, 0.25) is 11.9 Å². The van der Waals surface area contributed by atoms with Crippen LogP contribution in [-0.2, 0) is 11.3 Å². The van der Waals surface area contributed by atoms with Crippen LogP contribution in [0.25, 0.3) is 0 Å². The van der Waals surface area contributed by atoms with Gasteiger partial charge in [0.15, 0.2) is 0 Å². The van der Waals surface area contributed by atoms with Crippen LogP contribution >= 0.6 is 0 Å². The Kier molecular flexibility index (Phi) is 7.15. The number of carbonyl (C=O) groups is 2. The predicted molar refractivity (Wildman–Crippen MR) is 139 cm³/mol. The highest BCUT2D eigenvalue weighted by Gasteiger charge is 2.33. The zero-order valence-electron chi connectivity index (χ0n) is 20.0. The number of methoxy groups -OCH3 is 2.